The number of hydrogen-bond donors (Lipinski definition) is 0. The molecule has 4 aromatic carbocycles. The van der Waals surface area contributed by atoms with Crippen LogP contribution in [0, 0.1) is 83.1 Å². The number of fused-ring (bicyclic) bond motifs is 10. The molecule has 1 aliphatic carbocycles. The molecule has 0 unspecified atom stereocenters. The first-order chi connectivity index (χ1) is 20.3. The van der Waals surface area contributed by atoms with Crippen LogP contribution in [0.1, 0.15) is 83.5 Å². The van der Waals surface area contributed by atoms with Gasteiger partial charge in [0.05, 0.1) is 17.9 Å². The van der Waals surface area contributed by atoms with E-state index in [1.165, 1.54) is 100 Å². The maximum Gasteiger partial charge on any atom is 0.134 e. The van der Waals surface area contributed by atoms with Crippen molar-refractivity contribution in [3.8, 4) is 28.0 Å². The van der Waals surface area contributed by atoms with Crippen molar-refractivity contribution in [2.24, 2.45) is 0 Å². The van der Waals surface area contributed by atoms with Gasteiger partial charge in [0, 0.05) is 10.9 Å². The van der Waals surface area contributed by atoms with Gasteiger partial charge in [-0.15, -0.1) is 0 Å². The lowest BCUT2D eigenvalue weighted by Crippen LogP contribution is -2.33. The lowest BCUT2D eigenvalue weighted by atomic mass is 9.62. The molecule has 0 saturated carbocycles. The summed E-state index contributed by atoms with van der Waals surface area (Å²) < 4.78 is 12.5. The van der Waals surface area contributed by atoms with Crippen molar-refractivity contribution in [3.63, 3.8) is 0 Å². The van der Waals surface area contributed by atoms with Gasteiger partial charge in [-0.2, -0.15) is 0 Å². The second-order valence-electron chi connectivity index (χ2n) is 13.3. The molecule has 2 aliphatic rings. The van der Waals surface area contributed by atoms with E-state index in [0.29, 0.717) is 0 Å². The summed E-state index contributed by atoms with van der Waals surface area (Å²) in [5, 5.41) is 1.06. The number of benzene rings is 4. The molecule has 1 aliphatic heterocycles. The van der Waals surface area contributed by atoms with E-state index in [0.717, 1.165) is 22.3 Å². The van der Waals surface area contributed by atoms with Crippen LogP contribution in [0.4, 0.5) is 0 Å². The summed E-state index contributed by atoms with van der Waals surface area (Å²) in [6.45, 7) is 27.9. The second kappa shape index (κ2) is 8.99. The van der Waals surface area contributed by atoms with Crippen LogP contribution in [0.25, 0.3) is 33.2 Å². The van der Waals surface area contributed by atoms with Gasteiger partial charge in [-0.3, -0.25) is 0 Å². The van der Waals surface area contributed by atoms with Crippen LogP contribution in [0.5, 0.6) is 5.75 Å². The van der Waals surface area contributed by atoms with E-state index in [1.807, 2.05) is 12.3 Å². The van der Waals surface area contributed by atoms with Crippen molar-refractivity contribution >= 4 is 11.0 Å². The highest BCUT2D eigenvalue weighted by atomic mass is 16.5. The van der Waals surface area contributed by atoms with Gasteiger partial charge in [-0.25, -0.2) is 0 Å². The van der Waals surface area contributed by atoms with Crippen LogP contribution in [-0.4, -0.2) is 0 Å². The lowest BCUT2D eigenvalue weighted by molar-refractivity contribution is 0.444. The predicted molar refractivity (Wildman–Crippen MR) is 180 cm³/mol. The molecular formula is C41H42O2. The third kappa shape index (κ3) is 3.25. The summed E-state index contributed by atoms with van der Waals surface area (Å²) in [5.41, 5.74) is 26.1. The van der Waals surface area contributed by atoms with Crippen LogP contribution in [-0.2, 0) is 5.41 Å². The fourth-order valence-corrected chi connectivity index (χ4v) is 8.43. The van der Waals surface area contributed by atoms with Gasteiger partial charge >= 0.3 is 0 Å². The molecule has 2 nitrogen and oxygen atoms in total. The van der Waals surface area contributed by atoms with E-state index in [1.54, 1.807) is 6.26 Å². The molecular weight excluding hydrogens is 524 g/mol. The Morgan fingerprint density at radius 1 is 0.488 bits per heavy atom. The molecule has 2 heteroatoms. The van der Waals surface area contributed by atoms with Crippen molar-refractivity contribution in [2.45, 2.75) is 88.5 Å². The number of furan rings is 1. The molecule has 0 fully saturated rings. The number of rotatable bonds is 0. The van der Waals surface area contributed by atoms with Gasteiger partial charge in [-0.1, -0.05) is 0 Å². The van der Waals surface area contributed by atoms with Gasteiger partial charge in [0.15, 0.2) is 0 Å². The summed E-state index contributed by atoms with van der Waals surface area (Å²) in [6, 6.07) is 6.44. The normalized spacial score (nSPS) is 14.3. The highest BCUT2D eigenvalue weighted by Crippen LogP contribution is 2.61. The Morgan fingerprint density at radius 2 is 0.930 bits per heavy atom. The van der Waals surface area contributed by atoms with E-state index in [9.17, 15) is 0 Å². The fraction of sp³-hybridized carbons (Fsp3) is 0.317. The monoisotopic (exact) mass is 566 g/mol. The summed E-state index contributed by atoms with van der Waals surface area (Å²) in [7, 11) is 0. The molecule has 7 rings (SSSR count). The maximum absolute atomic E-state index is 6.39. The molecule has 1 aromatic heterocycles. The molecule has 1 spiro atoms. The molecule has 0 bridgehead atoms. The smallest absolute Gasteiger partial charge is 0.134 e. The van der Waals surface area contributed by atoms with Crippen molar-refractivity contribution in [1.29, 1.82) is 0 Å². The zero-order valence-corrected chi connectivity index (χ0v) is 27.8. The molecule has 0 radical (unpaired) electrons. The van der Waals surface area contributed by atoms with Gasteiger partial charge < -0.3 is 9.15 Å². The van der Waals surface area contributed by atoms with Crippen LogP contribution >= 0.6 is 0 Å². The molecule has 43 heavy (non-hydrogen) atoms. The van der Waals surface area contributed by atoms with E-state index in [-0.39, 0.29) is 0 Å². The van der Waals surface area contributed by atoms with Gasteiger partial charge in [0.1, 0.15) is 11.3 Å². The number of hydrogen-bond acceptors (Lipinski definition) is 2. The first-order valence-corrected chi connectivity index (χ1v) is 15.5. The largest absolute Gasteiger partial charge is 0.465 e. The molecule has 218 valence electrons. The maximum atomic E-state index is 6.39. The summed E-state index contributed by atoms with van der Waals surface area (Å²) in [5.74, 6) is 0.894. The van der Waals surface area contributed by atoms with E-state index in [2.05, 4.69) is 101 Å². The molecule has 0 N–H and O–H groups in total. The van der Waals surface area contributed by atoms with Crippen molar-refractivity contribution < 1.29 is 9.15 Å². The Kier molecular flexibility index (Phi) is 5.80. The summed E-state index contributed by atoms with van der Waals surface area (Å²) in [6.07, 6.45) is 6.08. The Morgan fingerprint density at radius 3 is 1.42 bits per heavy atom. The van der Waals surface area contributed by atoms with Gasteiger partial charge in [0.25, 0.3) is 0 Å². The molecule has 0 saturated heterocycles. The van der Waals surface area contributed by atoms with Crippen LogP contribution in [0.2, 0.25) is 0 Å². The number of ether oxygens (including phenoxy) is 1. The predicted octanol–water partition coefficient (Wildman–Crippen LogP) is 11.0. The molecule has 5 aromatic rings. The number of allylic oxidation sites excluding steroid dienone is 1. The Labute approximate surface area is 256 Å². The molecule has 0 atom stereocenters. The third-order valence-electron chi connectivity index (χ3n) is 11.8. The van der Waals surface area contributed by atoms with E-state index < -0.39 is 5.41 Å². The average molecular weight is 567 g/mol. The van der Waals surface area contributed by atoms with E-state index >= 15 is 0 Å². The second-order valence-corrected chi connectivity index (χ2v) is 13.3. The molecule has 0 amide bonds. The van der Waals surface area contributed by atoms with Crippen LogP contribution in [0.3, 0.4) is 0 Å². The third-order valence-corrected chi connectivity index (χ3v) is 11.8. The summed E-state index contributed by atoms with van der Waals surface area (Å²) >= 11 is 0. The fourth-order valence-electron chi connectivity index (χ4n) is 8.43. The standard InChI is InChI=1S/C41H42O2/c1-19-20(2)26(8)36-35(25(19)7)37-27(9)21(3)23(5)29(11)39(37)41(40-30(12)24(6)22(4)28(10)38(36)40)14-16-43-34-17-31-13-15-42-33(31)18-32(34)41/h13-18H,1-12H3. The summed E-state index contributed by atoms with van der Waals surface area (Å²) in [4.78, 5) is 0. The van der Waals surface area contributed by atoms with Crippen LogP contribution in [0.15, 0.2) is 41.2 Å². The zero-order chi connectivity index (χ0) is 30.9. The SMILES string of the molecule is Cc1c(C)c(C)c2c(c1C)-c1c(C)c(C)c(C)c(C)c1C1(C=COc3cc4ccoc4cc31)c1c(C)c(C)c(C)c(C)c1-2. The van der Waals surface area contributed by atoms with Gasteiger partial charge in [-0.05, 0) is 208 Å². The minimum Gasteiger partial charge on any atom is -0.465 e. The van der Waals surface area contributed by atoms with E-state index in [4.69, 9.17) is 9.15 Å². The quantitative estimate of drug-likeness (QED) is 0.186. The minimum atomic E-state index is -0.584. The zero-order valence-electron chi connectivity index (χ0n) is 27.8. The highest BCUT2D eigenvalue weighted by Gasteiger charge is 2.48. The first kappa shape index (κ1) is 27.8. The van der Waals surface area contributed by atoms with Gasteiger partial charge in [0.2, 0.25) is 0 Å². The topological polar surface area (TPSA) is 22.4 Å². The average Bonchev–Trinajstić information content (AvgIpc) is 3.41. The minimum absolute atomic E-state index is 0.584. The highest BCUT2D eigenvalue weighted by molar-refractivity contribution is 6.00. The first-order valence-electron chi connectivity index (χ1n) is 15.5. The Balaban J connectivity index is 1.89. The lowest BCUT2D eigenvalue weighted by Gasteiger charge is -2.41. The Hall–Kier alpha value is -4.04. The van der Waals surface area contributed by atoms with Crippen molar-refractivity contribution in [2.75, 3.05) is 0 Å². The van der Waals surface area contributed by atoms with Crippen molar-refractivity contribution in [1.82, 2.24) is 0 Å². The molecule has 2 heterocycles. The van der Waals surface area contributed by atoms with Crippen molar-refractivity contribution in [3.05, 3.63) is 120 Å². The Bertz CT molecular complexity index is 2010. The van der Waals surface area contributed by atoms with Crippen LogP contribution < -0.4 is 4.74 Å².